The molecule has 3 N–H and O–H groups in total. The van der Waals surface area contributed by atoms with E-state index in [2.05, 4.69) is 42.1 Å². The molecule has 3 aromatic rings. The highest BCUT2D eigenvalue weighted by atomic mass is 79.9. The summed E-state index contributed by atoms with van der Waals surface area (Å²) in [6.07, 6.45) is -3.52. The molecule has 0 fully saturated rings. The number of nitrogens with zero attached hydrogens (tertiary/aromatic N) is 3. The number of nitro groups is 1. The zero-order valence-electron chi connectivity index (χ0n) is 15.3. The van der Waals surface area contributed by atoms with Gasteiger partial charge in [-0.25, -0.2) is 9.97 Å². The lowest BCUT2D eigenvalue weighted by molar-refractivity contribution is -0.383. The van der Waals surface area contributed by atoms with Crippen molar-refractivity contribution in [2.45, 2.75) is 6.18 Å². The molecular formula is C18H12BrF3N6O3. The average Bonchev–Trinajstić information content (AvgIpc) is 2.72. The van der Waals surface area contributed by atoms with Crippen molar-refractivity contribution in [3.8, 4) is 0 Å². The molecule has 13 heteroatoms. The average molecular weight is 497 g/mol. The Morgan fingerprint density at radius 1 is 1.03 bits per heavy atom. The third kappa shape index (κ3) is 5.25. The number of carbonyl (C=O) groups is 1. The van der Waals surface area contributed by atoms with Gasteiger partial charge in [0.2, 0.25) is 11.6 Å². The van der Waals surface area contributed by atoms with Gasteiger partial charge in [0.25, 0.3) is 5.91 Å². The molecule has 2 aromatic carbocycles. The fourth-order valence-corrected chi connectivity index (χ4v) is 2.91. The Bertz CT molecular complexity index is 1130. The van der Waals surface area contributed by atoms with E-state index in [9.17, 15) is 28.1 Å². The summed E-state index contributed by atoms with van der Waals surface area (Å²) in [5.41, 5.74) is 3.60. The van der Waals surface area contributed by atoms with Gasteiger partial charge >= 0.3 is 11.9 Å². The van der Waals surface area contributed by atoms with Gasteiger partial charge in [-0.2, -0.15) is 13.2 Å². The molecular weight excluding hydrogens is 485 g/mol. The van der Waals surface area contributed by atoms with Gasteiger partial charge in [-0.1, -0.05) is 12.1 Å². The monoisotopic (exact) mass is 496 g/mol. The van der Waals surface area contributed by atoms with Crippen LogP contribution in [0.3, 0.4) is 0 Å². The summed E-state index contributed by atoms with van der Waals surface area (Å²) in [4.78, 5) is 30.6. The third-order valence-corrected chi connectivity index (χ3v) is 4.58. The SMILES string of the molecule is O=C(NNc1ncnc(Nc2ccc(C(F)(F)F)cc2)c1[N+](=O)[O-])c1ccccc1Br. The van der Waals surface area contributed by atoms with Crippen LogP contribution in [-0.4, -0.2) is 20.8 Å². The number of halogens is 4. The van der Waals surface area contributed by atoms with Crippen molar-refractivity contribution in [2.24, 2.45) is 0 Å². The van der Waals surface area contributed by atoms with E-state index in [1.807, 2.05) is 0 Å². The molecule has 0 aliphatic heterocycles. The van der Waals surface area contributed by atoms with E-state index in [1.165, 1.54) is 6.07 Å². The number of amides is 1. The Hall–Kier alpha value is -3.74. The van der Waals surface area contributed by atoms with Gasteiger partial charge in [0, 0.05) is 10.2 Å². The van der Waals surface area contributed by atoms with E-state index >= 15 is 0 Å². The number of hydrazine groups is 1. The molecule has 3 rings (SSSR count). The van der Waals surface area contributed by atoms with Gasteiger partial charge in [-0.3, -0.25) is 25.8 Å². The first-order valence-corrected chi connectivity index (χ1v) is 9.20. The minimum absolute atomic E-state index is 0.137. The van der Waals surface area contributed by atoms with E-state index in [-0.39, 0.29) is 22.9 Å². The molecule has 0 atom stereocenters. The highest BCUT2D eigenvalue weighted by Gasteiger charge is 2.30. The van der Waals surface area contributed by atoms with Crippen molar-refractivity contribution in [1.29, 1.82) is 0 Å². The summed E-state index contributed by atoms with van der Waals surface area (Å²) >= 11 is 3.22. The fourth-order valence-electron chi connectivity index (χ4n) is 2.44. The van der Waals surface area contributed by atoms with Crippen LogP contribution in [0.25, 0.3) is 0 Å². The smallest absolute Gasteiger partial charge is 0.334 e. The molecule has 1 amide bonds. The number of anilines is 3. The molecule has 0 unspecified atom stereocenters. The second kappa shape index (κ2) is 8.95. The van der Waals surface area contributed by atoms with Crippen LogP contribution in [0.15, 0.2) is 59.3 Å². The summed E-state index contributed by atoms with van der Waals surface area (Å²) in [6, 6.07) is 10.4. The zero-order valence-corrected chi connectivity index (χ0v) is 16.9. The molecule has 160 valence electrons. The predicted octanol–water partition coefficient (Wildman–Crippen LogP) is 4.67. The minimum Gasteiger partial charge on any atom is -0.334 e. The molecule has 0 bridgehead atoms. The molecule has 1 aromatic heterocycles. The largest absolute Gasteiger partial charge is 0.416 e. The maximum Gasteiger partial charge on any atom is 0.416 e. The Kier molecular flexibility index (Phi) is 6.34. The summed E-state index contributed by atoms with van der Waals surface area (Å²) in [7, 11) is 0. The standard InChI is InChI=1S/C18H12BrF3N6O3/c19-13-4-2-1-3-12(13)17(29)27-26-16-14(28(30)31)15(23-9-24-16)25-11-7-5-10(6-8-11)18(20,21)22/h1-9H,(H,27,29)(H2,23,24,25,26). The van der Waals surface area contributed by atoms with Crippen LogP contribution in [0.4, 0.5) is 36.2 Å². The number of hydrogen-bond acceptors (Lipinski definition) is 7. The Labute approximate surface area is 181 Å². The van der Waals surface area contributed by atoms with Crippen LogP contribution in [0.1, 0.15) is 15.9 Å². The quantitative estimate of drug-likeness (QED) is 0.334. The van der Waals surface area contributed by atoms with Crippen LogP contribution in [0, 0.1) is 10.1 Å². The van der Waals surface area contributed by atoms with E-state index in [0.29, 0.717) is 4.47 Å². The Balaban J connectivity index is 1.82. The van der Waals surface area contributed by atoms with Crippen molar-refractivity contribution in [3.05, 3.63) is 80.6 Å². The van der Waals surface area contributed by atoms with Crippen LogP contribution in [0.2, 0.25) is 0 Å². The van der Waals surface area contributed by atoms with Crippen LogP contribution in [0.5, 0.6) is 0 Å². The highest BCUT2D eigenvalue weighted by Crippen LogP contribution is 2.33. The lowest BCUT2D eigenvalue weighted by atomic mass is 10.2. The van der Waals surface area contributed by atoms with E-state index in [4.69, 9.17) is 0 Å². The minimum atomic E-state index is -4.51. The molecule has 31 heavy (non-hydrogen) atoms. The summed E-state index contributed by atoms with van der Waals surface area (Å²) in [5.74, 6) is -1.19. The van der Waals surface area contributed by atoms with Crippen LogP contribution >= 0.6 is 15.9 Å². The topological polar surface area (TPSA) is 122 Å². The zero-order chi connectivity index (χ0) is 22.6. The molecule has 0 aliphatic rings. The highest BCUT2D eigenvalue weighted by molar-refractivity contribution is 9.10. The Morgan fingerprint density at radius 3 is 2.29 bits per heavy atom. The molecule has 1 heterocycles. The second-order valence-electron chi connectivity index (χ2n) is 5.94. The van der Waals surface area contributed by atoms with Gasteiger partial charge < -0.3 is 5.32 Å². The first-order chi connectivity index (χ1) is 14.7. The first kappa shape index (κ1) is 22.0. The predicted molar refractivity (Wildman–Crippen MR) is 109 cm³/mol. The van der Waals surface area contributed by atoms with Crippen LogP contribution < -0.4 is 16.2 Å². The lowest BCUT2D eigenvalue weighted by Gasteiger charge is -2.12. The number of hydrogen-bond donors (Lipinski definition) is 3. The molecule has 0 aliphatic carbocycles. The maximum absolute atomic E-state index is 12.7. The summed E-state index contributed by atoms with van der Waals surface area (Å²) < 4.78 is 38.6. The van der Waals surface area contributed by atoms with E-state index in [0.717, 1.165) is 30.6 Å². The number of nitrogens with one attached hydrogen (secondary N) is 3. The number of alkyl halides is 3. The van der Waals surface area contributed by atoms with Gasteiger partial charge in [-0.15, -0.1) is 0 Å². The Morgan fingerprint density at radius 2 is 1.68 bits per heavy atom. The first-order valence-electron chi connectivity index (χ1n) is 8.41. The summed E-state index contributed by atoms with van der Waals surface area (Å²) in [6.45, 7) is 0. The van der Waals surface area contributed by atoms with Crippen molar-refractivity contribution >= 4 is 44.8 Å². The molecule has 0 saturated heterocycles. The molecule has 9 nitrogen and oxygen atoms in total. The molecule has 0 spiro atoms. The molecule has 0 radical (unpaired) electrons. The summed E-state index contributed by atoms with van der Waals surface area (Å²) in [5, 5.41) is 14.1. The lowest BCUT2D eigenvalue weighted by Crippen LogP contribution is -2.30. The number of rotatable bonds is 6. The van der Waals surface area contributed by atoms with Crippen molar-refractivity contribution < 1.29 is 22.9 Å². The number of benzene rings is 2. The number of carbonyl (C=O) groups excluding carboxylic acids is 1. The third-order valence-electron chi connectivity index (χ3n) is 3.89. The van der Waals surface area contributed by atoms with E-state index < -0.39 is 28.3 Å². The van der Waals surface area contributed by atoms with E-state index in [1.54, 1.807) is 18.2 Å². The van der Waals surface area contributed by atoms with Crippen molar-refractivity contribution in [3.63, 3.8) is 0 Å². The van der Waals surface area contributed by atoms with Gasteiger partial charge in [0.05, 0.1) is 16.1 Å². The van der Waals surface area contributed by atoms with Gasteiger partial charge in [-0.05, 0) is 52.3 Å². The van der Waals surface area contributed by atoms with Gasteiger partial charge in [0.15, 0.2) is 0 Å². The number of aromatic nitrogens is 2. The second-order valence-corrected chi connectivity index (χ2v) is 6.79. The fraction of sp³-hybridized carbons (Fsp3) is 0.0556. The molecule has 0 saturated carbocycles. The van der Waals surface area contributed by atoms with Gasteiger partial charge in [0.1, 0.15) is 6.33 Å². The normalized spacial score (nSPS) is 11.0. The van der Waals surface area contributed by atoms with Crippen LogP contribution in [-0.2, 0) is 6.18 Å². The van der Waals surface area contributed by atoms with Crippen molar-refractivity contribution in [1.82, 2.24) is 15.4 Å². The maximum atomic E-state index is 12.7. The van der Waals surface area contributed by atoms with Crippen molar-refractivity contribution in [2.75, 3.05) is 10.7 Å².